The minimum atomic E-state index is -0.662. The predicted molar refractivity (Wildman–Crippen MR) is 127 cm³/mol. The number of amides is 3. The van der Waals surface area contributed by atoms with Crippen LogP contribution in [-0.2, 0) is 19.1 Å². The van der Waals surface area contributed by atoms with Crippen molar-refractivity contribution < 1.29 is 33.4 Å². The summed E-state index contributed by atoms with van der Waals surface area (Å²) in [6.45, 7) is 1.40. The predicted octanol–water partition coefficient (Wildman–Crippen LogP) is 3.70. The van der Waals surface area contributed by atoms with Gasteiger partial charge in [-0.2, -0.15) is 0 Å². The van der Waals surface area contributed by atoms with Gasteiger partial charge >= 0.3 is 5.97 Å². The van der Waals surface area contributed by atoms with Crippen LogP contribution in [0.4, 0.5) is 10.5 Å². The van der Waals surface area contributed by atoms with Gasteiger partial charge in [-0.15, -0.1) is 0 Å². The normalized spacial score (nSPS) is 14.3. The fourth-order valence-electron chi connectivity index (χ4n) is 3.07. The molecule has 2 aromatic rings. The van der Waals surface area contributed by atoms with Gasteiger partial charge in [0.2, 0.25) is 5.91 Å². The van der Waals surface area contributed by atoms with Gasteiger partial charge in [-0.3, -0.25) is 24.1 Å². The number of ether oxygens (including phenoxy) is 3. The van der Waals surface area contributed by atoms with E-state index in [0.29, 0.717) is 22.7 Å². The summed E-state index contributed by atoms with van der Waals surface area (Å²) in [5, 5.41) is 2.22. The topological polar surface area (TPSA) is 111 Å². The molecule has 1 heterocycles. The average Bonchev–Trinajstić information content (AvgIpc) is 3.08. The van der Waals surface area contributed by atoms with Crippen LogP contribution in [0.2, 0.25) is 0 Å². The quantitative estimate of drug-likeness (QED) is 0.401. The van der Waals surface area contributed by atoms with Crippen molar-refractivity contribution in [2.45, 2.75) is 13.3 Å². The van der Waals surface area contributed by atoms with Crippen molar-refractivity contribution in [3.8, 4) is 11.5 Å². The number of rotatable bonds is 10. The molecule has 178 valence electrons. The molecule has 0 atom stereocenters. The summed E-state index contributed by atoms with van der Waals surface area (Å²) in [4.78, 5) is 49.8. The fourth-order valence-corrected chi connectivity index (χ4v) is 3.89. The second-order valence-electron chi connectivity index (χ2n) is 6.96. The third-order valence-corrected chi connectivity index (χ3v) is 5.52. The van der Waals surface area contributed by atoms with Crippen LogP contribution >= 0.6 is 11.8 Å². The van der Waals surface area contributed by atoms with Crippen LogP contribution in [0.15, 0.2) is 53.4 Å². The Morgan fingerprint density at radius 1 is 1.09 bits per heavy atom. The lowest BCUT2D eigenvalue weighted by molar-refractivity contribution is -0.146. The molecule has 0 aliphatic carbocycles. The summed E-state index contributed by atoms with van der Waals surface area (Å²) in [5.74, 6) is -0.746. The van der Waals surface area contributed by atoms with Gasteiger partial charge in [0.1, 0.15) is 6.54 Å². The Hall–Kier alpha value is -3.79. The zero-order chi connectivity index (χ0) is 24.5. The van der Waals surface area contributed by atoms with Gasteiger partial charge < -0.3 is 19.5 Å². The maximum absolute atomic E-state index is 12.7. The van der Waals surface area contributed by atoms with Gasteiger partial charge in [-0.05, 0) is 43.0 Å². The van der Waals surface area contributed by atoms with E-state index in [1.807, 2.05) is 18.2 Å². The molecule has 0 bridgehead atoms. The highest BCUT2D eigenvalue weighted by molar-refractivity contribution is 8.18. The molecule has 3 rings (SSSR count). The van der Waals surface area contributed by atoms with Gasteiger partial charge in [0.25, 0.3) is 11.1 Å². The van der Waals surface area contributed by atoms with Crippen LogP contribution in [0.3, 0.4) is 0 Å². The van der Waals surface area contributed by atoms with E-state index >= 15 is 0 Å². The number of carbonyl (C=O) groups excluding carboxylic acids is 4. The summed E-state index contributed by atoms with van der Waals surface area (Å²) in [6.07, 6.45) is 1.58. The average molecular weight is 485 g/mol. The Balaban J connectivity index is 1.71. The second kappa shape index (κ2) is 11.9. The lowest BCUT2D eigenvalue weighted by Crippen LogP contribution is -2.34. The van der Waals surface area contributed by atoms with Crippen LogP contribution in [0.1, 0.15) is 18.9 Å². The first-order valence-corrected chi connectivity index (χ1v) is 11.3. The number of hydrogen-bond donors (Lipinski definition) is 1. The van der Waals surface area contributed by atoms with Gasteiger partial charge in [0, 0.05) is 11.3 Å². The summed E-state index contributed by atoms with van der Waals surface area (Å²) in [7, 11) is 1.47. The van der Waals surface area contributed by atoms with E-state index in [2.05, 4.69) is 5.32 Å². The molecule has 1 aliphatic rings. The Kier molecular flexibility index (Phi) is 8.69. The molecule has 34 heavy (non-hydrogen) atoms. The van der Waals surface area contributed by atoms with Gasteiger partial charge in [-0.25, -0.2) is 0 Å². The Morgan fingerprint density at radius 2 is 1.85 bits per heavy atom. The molecule has 0 spiro atoms. The van der Waals surface area contributed by atoms with Crippen molar-refractivity contribution >= 4 is 46.5 Å². The van der Waals surface area contributed by atoms with Crippen LogP contribution < -0.4 is 14.8 Å². The van der Waals surface area contributed by atoms with E-state index in [1.54, 1.807) is 37.3 Å². The summed E-state index contributed by atoms with van der Waals surface area (Å²) < 4.78 is 16.0. The maximum atomic E-state index is 12.7. The van der Waals surface area contributed by atoms with E-state index in [4.69, 9.17) is 14.2 Å². The molecule has 0 saturated carbocycles. The summed E-state index contributed by atoms with van der Waals surface area (Å²) in [5.41, 5.74) is 1.17. The molecular formula is C24H24N2O7S. The number of nitrogens with zero attached hydrogens (tertiary/aromatic N) is 1. The highest BCUT2D eigenvalue weighted by atomic mass is 32.2. The zero-order valence-electron chi connectivity index (χ0n) is 18.7. The molecule has 0 unspecified atom stereocenters. The number of benzene rings is 2. The molecule has 0 radical (unpaired) electrons. The number of methoxy groups -OCH3 is 1. The fraction of sp³-hybridized carbons (Fsp3) is 0.250. The number of thioether (sulfide) groups is 1. The van der Waals surface area contributed by atoms with E-state index < -0.39 is 23.7 Å². The Morgan fingerprint density at radius 3 is 2.56 bits per heavy atom. The van der Waals surface area contributed by atoms with Crippen molar-refractivity contribution in [2.75, 3.05) is 32.2 Å². The van der Waals surface area contributed by atoms with E-state index in [-0.39, 0.29) is 30.4 Å². The first-order valence-electron chi connectivity index (χ1n) is 10.5. The van der Waals surface area contributed by atoms with Crippen LogP contribution in [0, 0.1) is 0 Å². The Labute approximate surface area is 201 Å². The maximum Gasteiger partial charge on any atom is 0.326 e. The van der Waals surface area contributed by atoms with Crippen molar-refractivity contribution in [3.63, 3.8) is 0 Å². The van der Waals surface area contributed by atoms with Crippen LogP contribution in [-0.4, -0.2) is 54.8 Å². The van der Waals surface area contributed by atoms with Crippen molar-refractivity contribution in [1.82, 2.24) is 4.90 Å². The molecule has 3 amide bonds. The van der Waals surface area contributed by atoms with Crippen molar-refractivity contribution in [1.29, 1.82) is 0 Å². The first-order chi connectivity index (χ1) is 16.4. The number of esters is 1. The second-order valence-corrected chi connectivity index (χ2v) is 7.96. The Bertz CT molecular complexity index is 1100. The van der Waals surface area contributed by atoms with Crippen molar-refractivity contribution in [2.24, 2.45) is 0 Å². The number of carbonyl (C=O) groups is 4. The molecule has 10 heteroatoms. The number of anilines is 1. The number of nitrogens with one attached hydrogen (secondary N) is 1. The van der Waals surface area contributed by atoms with E-state index in [9.17, 15) is 19.2 Å². The lowest BCUT2D eigenvalue weighted by Gasteiger charge is -2.14. The first kappa shape index (κ1) is 24.8. The molecular weight excluding hydrogens is 460 g/mol. The van der Waals surface area contributed by atoms with E-state index in [0.717, 1.165) is 16.7 Å². The van der Waals surface area contributed by atoms with E-state index in [1.165, 1.54) is 13.2 Å². The number of para-hydroxylation sites is 2. The van der Waals surface area contributed by atoms with Gasteiger partial charge in [-0.1, -0.05) is 30.3 Å². The monoisotopic (exact) mass is 484 g/mol. The number of imide groups is 1. The molecule has 9 nitrogen and oxygen atoms in total. The molecule has 1 aliphatic heterocycles. The number of hydrogen-bond acceptors (Lipinski definition) is 8. The highest BCUT2D eigenvalue weighted by Gasteiger charge is 2.36. The molecule has 1 saturated heterocycles. The largest absolute Gasteiger partial charge is 0.493 e. The smallest absolute Gasteiger partial charge is 0.326 e. The molecule has 2 aromatic carbocycles. The van der Waals surface area contributed by atoms with Crippen molar-refractivity contribution in [3.05, 3.63) is 59.0 Å². The standard InChI is InChI=1S/C24H24N2O7S/c1-3-32-21(28)15-26-23(29)19(34-24(26)30)14-16-8-7-11-18(31-2)22(16)33-13-12-20(27)25-17-9-5-4-6-10-17/h4-11,14H,3,12-13,15H2,1-2H3,(H,25,27)/b19-14-. The zero-order valence-corrected chi connectivity index (χ0v) is 19.6. The SMILES string of the molecule is CCOC(=O)CN1C(=O)S/C(=C\c2cccc(OC)c2OCCC(=O)Nc2ccccc2)C1=O. The highest BCUT2D eigenvalue weighted by Crippen LogP contribution is 2.37. The third kappa shape index (κ3) is 6.38. The summed E-state index contributed by atoms with van der Waals surface area (Å²) >= 11 is 0.719. The minimum absolute atomic E-state index is 0.0597. The van der Waals surface area contributed by atoms with Gasteiger partial charge in [0.15, 0.2) is 11.5 Å². The third-order valence-electron chi connectivity index (χ3n) is 4.62. The van der Waals surface area contributed by atoms with Crippen LogP contribution in [0.5, 0.6) is 11.5 Å². The minimum Gasteiger partial charge on any atom is -0.493 e. The molecule has 0 aromatic heterocycles. The lowest BCUT2D eigenvalue weighted by atomic mass is 10.1. The van der Waals surface area contributed by atoms with Gasteiger partial charge in [0.05, 0.1) is 31.6 Å². The molecule has 1 fully saturated rings. The molecule has 1 N–H and O–H groups in total. The summed E-state index contributed by atoms with van der Waals surface area (Å²) in [6, 6.07) is 14.2. The van der Waals surface area contributed by atoms with Crippen LogP contribution in [0.25, 0.3) is 6.08 Å².